The molecule has 2 aromatic rings. The maximum absolute atomic E-state index is 6.20. The summed E-state index contributed by atoms with van der Waals surface area (Å²) in [5.41, 5.74) is 1.70. The second kappa shape index (κ2) is 5.15. The Morgan fingerprint density at radius 2 is 1.88 bits per heavy atom. The van der Waals surface area contributed by atoms with Crippen LogP contribution < -0.4 is 4.74 Å². The van der Waals surface area contributed by atoms with E-state index in [1.54, 1.807) is 7.11 Å². The standard InChI is InChI=1S/C13H13ClN2O/c1-3-10-15-12(14)11(13(16-10)17-2)9-7-5-4-6-8-9/h4-8H,3H2,1-2H3. The molecule has 0 N–H and O–H groups in total. The molecule has 1 aromatic carbocycles. The molecule has 0 spiro atoms. The Bertz CT molecular complexity index is 514. The van der Waals surface area contributed by atoms with E-state index >= 15 is 0 Å². The molecule has 0 saturated carbocycles. The van der Waals surface area contributed by atoms with Crippen molar-refractivity contribution in [2.24, 2.45) is 0 Å². The van der Waals surface area contributed by atoms with E-state index in [2.05, 4.69) is 9.97 Å². The molecular formula is C13H13ClN2O. The van der Waals surface area contributed by atoms with Crippen LogP contribution in [-0.2, 0) is 6.42 Å². The molecule has 1 heterocycles. The number of ether oxygens (including phenoxy) is 1. The van der Waals surface area contributed by atoms with Crippen LogP contribution in [0.5, 0.6) is 5.88 Å². The molecule has 0 fully saturated rings. The lowest BCUT2D eigenvalue weighted by Crippen LogP contribution is -2.00. The first-order chi connectivity index (χ1) is 8.26. The first-order valence-corrected chi connectivity index (χ1v) is 5.80. The predicted octanol–water partition coefficient (Wildman–Crippen LogP) is 3.37. The summed E-state index contributed by atoms with van der Waals surface area (Å²) in [4.78, 5) is 8.58. The second-order valence-corrected chi connectivity index (χ2v) is 3.89. The number of methoxy groups -OCH3 is 1. The first kappa shape index (κ1) is 11.9. The normalized spacial score (nSPS) is 10.3. The van der Waals surface area contributed by atoms with Gasteiger partial charge in [0.25, 0.3) is 0 Å². The highest BCUT2D eigenvalue weighted by Gasteiger charge is 2.14. The summed E-state index contributed by atoms with van der Waals surface area (Å²) in [7, 11) is 1.59. The number of halogens is 1. The van der Waals surface area contributed by atoms with Gasteiger partial charge in [-0.3, -0.25) is 0 Å². The van der Waals surface area contributed by atoms with Gasteiger partial charge in [-0.1, -0.05) is 48.9 Å². The molecule has 0 aliphatic rings. The van der Waals surface area contributed by atoms with E-state index in [1.807, 2.05) is 37.3 Å². The van der Waals surface area contributed by atoms with E-state index in [0.717, 1.165) is 17.5 Å². The van der Waals surface area contributed by atoms with Crippen molar-refractivity contribution in [2.45, 2.75) is 13.3 Å². The van der Waals surface area contributed by atoms with Crippen molar-refractivity contribution in [1.29, 1.82) is 0 Å². The molecule has 1 aromatic heterocycles. The molecule has 0 atom stereocenters. The zero-order chi connectivity index (χ0) is 12.3. The van der Waals surface area contributed by atoms with Crippen molar-refractivity contribution in [1.82, 2.24) is 9.97 Å². The van der Waals surface area contributed by atoms with Crippen molar-refractivity contribution >= 4 is 11.6 Å². The fourth-order valence-electron chi connectivity index (χ4n) is 1.61. The lowest BCUT2D eigenvalue weighted by Gasteiger charge is -2.10. The van der Waals surface area contributed by atoms with Gasteiger partial charge in [-0.25, -0.2) is 4.98 Å². The minimum absolute atomic E-state index is 0.430. The van der Waals surface area contributed by atoms with Gasteiger partial charge in [-0.2, -0.15) is 4.98 Å². The van der Waals surface area contributed by atoms with Gasteiger partial charge in [0.05, 0.1) is 12.7 Å². The van der Waals surface area contributed by atoms with Crippen LogP contribution in [0.15, 0.2) is 30.3 Å². The highest BCUT2D eigenvalue weighted by molar-refractivity contribution is 6.32. The van der Waals surface area contributed by atoms with Crippen LogP contribution in [0.4, 0.5) is 0 Å². The Morgan fingerprint density at radius 3 is 2.47 bits per heavy atom. The third-order valence-corrected chi connectivity index (χ3v) is 2.72. The van der Waals surface area contributed by atoms with Crippen LogP contribution in [0.2, 0.25) is 5.15 Å². The number of aromatic nitrogens is 2. The Balaban J connectivity index is 2.61. The molecule has 0 bridgehead atoms. The lowest BCUT2D eigenvalue weighted by molar-refractivity contribution is 0.397. The molecule has 2 rings (SSSR count). The van der Waals surface area contributed by atoms with Crippen LogP contribution in [0.3, 0.4) is 0 Å². The third kappa shape index (κ3) is 2.39. The van der Waals surface area contributed by atoms with E-state index in [0.29, 0.717) is 16.9 Å². The van der Waals surface area contributed by atoms with Gasteiger partial charge in [-0.05, 0) is 5.56 Å². The molecular weight excluding hydrogens is 236 g/mol. The van der Waals surface area contributed by atoms with Crippen molar-refractivity contribution in [2.75, 3.05) is 7.11 Å². The number of hydrogen-bond acceptors (Lipinski definition) is 3. The van der Waals surface area contributed by atoms with Crippen LogP contribution in [-0.4, -0.2) is 17.1 Å². The Hall–Kier alpha value is -1.61. The Kier molecular flexibility index (Phi) is 3.59. The zero-order valence-corrected chi connectivity index (χ0v) is 10.5. The van der Waals surface area contributed by atoms with E-state index < -0.39 is 0 Å². The van der Waals surface area contributed by atoms with Crippen LogP contribution >= 0.6 is 11.6 Å². The minimum atomic E-state index is 0.430. The average Bonchev–Trinajstić information content (AvgIpc) is 2.38. The highest BCUT2D eigenvalue weighted by atomic mass is 35.5. The van der Waals surface area contributed by atoms with Gasteiger partial charge >= 0.3 is 0 Å². The van der Waals surface area contributed by atoms with Crippen LogP contribution in [0.25, 0.3) is 11.1 Å². The molecule has 0 amide bonds. The van der Waals surface area contributed by atoms with E-state index in [4.69, 9.17) is 16.3 Å². The lowest BCUT2D eigenvalue weighted by atomic mass is 10.1. The minimum Gasteiger partial charge on any atom is -0.480 e. The average molecular weight is 249 g/mol. The van der Waals surface area contributed by atoms with E-state index in [9.17, 15) is 0 Å². The number of rotatable bonds is 3. The van der Waals surface area contributed by atoms with Crippen LogP contribution in [0.1, 0.15) is 12.7 Å². The van der Waals surface area contributed by atoms with Gasteiger partial charge < -0.3 is 4.74 Å². The molecule has 0 radical (unpaired) electrons. The summed E-state index contributed by atoms with van der Waals surface area (Å²) in [5.74, 6) is 1.21. The molecule has 0 aliphatic heterocycles. The summed E-state index contributed by atoms with van der Waals surface area (Å²) in [5, 5.41) is 0.430. The number of aryl methyl sites for hydroxylation is 1. The topological polar surface area (TPSA) is 35.0 Å². The highest BCUT2D eigenvalue weighted by Crippen LogP contribution is 2.33. The SMILES string of the molecule is CCc1nc(Cl)c(-c2ccccc2)c(OC)n1. The molecule has 4 heteroatoms. The van der Waals surface area contributed by atoms with E-state index in [-0.39, 0.29) is 0 Å². The Labute approximate surface area is 105 Å². The summed E-state index contributed by atoms with van der Waals surface area (Å²) in [6.07, 6.45) is 0.727. The molecule has 3 nitrogen and oxygen atoms in total. The summed E-state index contributed by atoms with van der Waals surface area (Å²) < 4.78 is 5.29. The second-order valence-electron chi connectivity index (χ2n) is 3.53. The van der Waals surface area contributed by atoms with Gasteiger partial charge in [0.15, 0.2) is 0 Å². The summed E-state index contributed by atoms with van der Waals surface area (Å²) >= 11 is 6.20. The molecule has 17 heavy (non-hydrogen) atoms. The molecule has 0 unspecified atom stereocenters. The summed E-state index contributed by atoms with van der Waals surface area (Å²) in [6, 6.07) is 9.75. The maximum Gasteiger partial charge on any atom is 0.226 e. The first-order valence-electron chi connectivity index (χ1n) is 5.42. The van der Waals surface area contributed by atoms with E-state index in [1.165, 1.54) is 0 Å². The fraction of sp³-hybridized carbons (Fsp3) is 0.231. The molecule has 0 saturated heterocycles. The zero-order valence-electron chi connectivity index (χ0n) is 9.77. The van der Waals surface area contributed by atoms with Crippen molar-refractivity contribution in [3.8, 4) is 17.0 Å². The Morgan fingerprint density at radius 1 is 1.18 bits per heavy atom. The fourth-order valence-corrected chi connectivity index (χ4v) is 1.90. The monoisotopic (exact) mass is 248 g/mol. The van der Waals surface area contributed by atoms with Crippen molar-refractivity contribution < 1.29 is 4.74 Å². The van der Waals surface area contributed by atoms with Crippen LogP contribution in [0, 0.1) is 0 Å². The summed E-state index contributed by atoms with van der Waals surface area (Å²) in [6.45, 7) is 1.98. The third-order valence-electron chi connectivity index (χ3n) is 2.45. The molecule has 0 aliphatic carbocycles. The van der Waals surface area contributed by atoms with Gasteiger partial charge in [-0.15, -0.1) is 0 Å². The number of hydrogen-bond donors (Lipinski definition) is 0. The van der Waals surface area contributed by atoms with Crippen molar-refractivity contribution in [3.63, 3.8) is 0 Å². The smallest absolute Gasteiger partial charge is 0.226 e. The number of nitrogens with zero attached hydrogens (tertiary/aromatic N) is 2. The van der Waals surface area contributed by atoms with Crippen molar-refractivity contribution in [3.05, 3.63) is 41.3 Å². The van der Waals surface area contributed by atoms with Gasteiger partial charge in [0.1, 0.15) is 11.0 Å². The maximum atomic E-state index is 6.20. The predicted molar refractivity (Wildman–Crippen MR) is 68.4 cm³/mol. The number of benzene rings is 1. The van der Waals surface area contributed by atoms with Gasteiger partial charge in [0, 0.05) is 6.42 Å². The molecule has 88 valence electrons. The largest absolute Gasteiger partial charge is 0.480 e. The van der Waals surface area contributed by atoms with Gasteiger partial charge in [0.2, 0.25) is 5.88 Å². The quantitative estimate of drug-likeness (QED) is 0.782.